The Hall–Kier alpha value is -3.08. The minimum Gasteiger partial charge on any atom is -0.482 e. The lowest BCUT2D eigenvalue weighted by Gasteiger charge is -2.10. The molecule has 2 aromatic carbocycles. The van der Waals surface area contributed by atoms with Crippen LogP contribution >= 0.6 is 0 Å². The molecule has 0 unspecified atom stereocenters. The van der Waals surface area contributed by atoms with E-state index in [-0.39, 0.29) is 12.2 Å². The predicted molar refractivity (Wildman–Crippen MR) is 98.6 cm³/mol. The summed E-state index contributed by atoms with van der Waals surface area (Å²) in [4.78, 5) is 23.8. The zero-order chi connectivity index (χ0) is 18.5. The molecule has 1 heterocycles. The smallest absolute Gasteiger partial charge is 0.344 e. The van der Waals surface area contributed by atoms with E-state index in [1.54, 1.807) is 19.1 Å². The number of carbonyl (C=O) groups is 1. The minimum atomic E-state index is -0.441. The number of benzene rings is 2. The van der Waals surface area contributed by atoms with Gasteiger partial charge in [-0.2, -0.15) is 0 Å². The Labute approximate surface area is 151 Å². The molecule has 0 aliphatic carbocycles. The summed E-state index contributed by atoms with van der Waals surface area (Å²) in [6, 6.07) is 15.0. The van der Waals surface area contributed by atoms with Crippen LogP contribution < -0.4 is 10.4 Å². The number of rotatable bonds is 6. The van der Waals surface area contributed by atoms with E-state index < -0.39 is 5.97 Å². The van der Waals surface area contributed by atoms with E-state index in [0.717, 1.165) is 16.5 Å². The molecule has 0 N–H and O–H groups in total. The Kier molecular flexibility index (Phi) is 5.37. The molecule has 5 heteroatoms. The second-order valence-corrected chi connectivity index (χ2v) is 5.91. The van der Waals surface area contributed by atoms with E-state index in [4.69, 9.17) is 13.9 Å². The van der Waals surface area contributed by atoms with Crippen LogP contribution in [0.5, 0.6) is 5.75 Å². The molecule has 0 radical (unpaired) electrons. The van der Waals surface area contributed by atoms with Gasteiger partial charge in [0.25, 0.3) is 0 Å². The summed E-state index contributed by atoms with van der Waals surface area (Å²) in [5.74, 6) is 0.00681. The average molecular weight is 352 g/mol. The van der Waals surface area contributed by atoms with Gasteiger partial charge in [-0.1, -0.05) is 30.3 Å². The van der Waals surface area contributed by atoms with E-state index in [9.17, 15) is 9.59 Å². The zero-order valence-electron chi connectivity index (χ0n) is 14.8. The van der Waals surface area contributed by atoms with Crippen LogP contribution in [0.4, 0.5) is 0 Å². The minimum absolute atomic E-state index is 0.186. The molecule has 0 aliphatic rings. The molecular weight excluding hydrogens is 332 g/mol. The first-order valence-corrected chi connectivity index (χ1v) is 8.47. The summed E-state index contributed by atoms with van der Waals surface area (Å²) in [7, 11) is 0. The van der Waals surface area contributed by atoms with Gasteiger partial charge in [-0.3, -0.25) is 0 Å². The Morgan fingerprint density at radius 3 is 2.62 bits per heavy atom. The Morgan fingerprint density at radius 2 is 1.88 bits per heavy atom. The Bertz CT molecular complexity index is 973. The number of ether oxygens (including phenoxy) is 2. The summed E-state index contributed by atoms with van der Waals surface area (Å²) in [6.45, 7) is 3.77. The molecule has 0 saturated carbocycles. The van der Waals surface area contributed by atoms with Gasteiger partial charge in [0.05, 0.1) is 6.61 Å². The molecule has 0 aliphatic heterocycles. The van der Waals surface area contributed by atoms with Crippen LogP contribution in [0.2, 0.25) is 0 Å². The molecule has 0 spiro atoms. The predicted octanol–water partition coefficient (Wildman–Crippen LogP) is 3.63. The number of hydrogen-bond acceptors (Lipinski definition) is 5. The highest BCUT2D eigenvalue weighted by atomic mass is 16.6. The van der Waals surface area contributed by atoms with Crippen molar-refractivity contribution < 1.29 is 18.7 Å². The summed E-state index contributed by atoms with van der Waals surface area (Å²) in [6.07, 6.45) is 0.520. The third-order valence-corrected chi connectivity index (χ3v) is 4.14. The van der Waals surface area contributed by atoms with Gasteiger partial charge in [0.15, 0.2) is 6.61 Å². The van der Waals surface area contributed by atoms with Crippen LogP contribution in [-0.2, 0) is 16.0 Å². The van der Waals surface area contributed by atoms with Gasteiger partial charge in [0, 0.05) is 23.4 Å². The number of aryl methyl sites for hydroxylation is 1. The van der Waals surface area contributed by atoms with Crippen molar-refractivity contribution in [2.45, 2.75) is 20.3 Å². The van der Waals surface area contributed by atoms with Gasteiger partial charge in [-0.05, 0) is 37.1 Å². The molecule has 3 aromatic rings. The van der Waals surface area contributed by atoms with Gasteiger partial charge < -0.3 is 13.9 Å². The van der Waals surface area contributed by atoms with E-state index >= 15 is 0 Å². The molecule has 0 saturated heterocycles. The summed E-state index contributed by atoms with van der Waals surface area (Å²) in [5, 5.41) is 0.846. The molecular formula is C21H20O5. The Balaban J connectivity index is 1.89. The number of fused-ring (bicyclic) bond motifs is 1. The van der Waals surface area contributed by atoms with Crippen LogP contribution in [0.25, 0.3) is 11.0 Å². The van der Waals surface area contributed by atoms with Crippen molar-refractivity contribution in [3.8, 4) is 5.75 Å². The first-order valence-electron chi connectivity index (χ1n) is 8.47. The number of hydrogen-bond donors (Lipinski definition) is 0. The van der Waals surface area contributed by atoms with E-state index in [2.05, 4.69) is 0 Å². The van der Waals surface area contributed by atoms with Gasteiger partial charge in [-0.25, -0.2) is 9.59 Å². The normalized spacial score (nSPS) is 10.7. The molecule has 134 valence electrons. The van der Waals surface area contributed by atoms with Crippen molar-refractivity contribution in [3.63, 3.8) is 0 Å². The quantitative estimate of drug-likeness (QED) is 0.501. The van der Waals surface area contributed by atoms with Crippen molar-refractivity contribution >= 4 is 16.9 Å². The maximum Gasteiger partial charge on any atom is 0.344 e. The molecule has 0 fully saturated rings. The first-order chi connectivity index (χ1) is 12.6. The summed E-state index contributed by atoms with van der Waals surface area (Å²) >= 11 is 0. The molecule has 26 heavy (non-hydrogen) atoms. The molecule has 0 amide bonds. The highest BCUT2D eigenvalue weighted by Gasteiger charge is 2.13. The third-order valence-electron chi connectivity index (χ3n) is 4.14. The first kappa shape index (κ1) is 17.7. The maximum absolute atomic E-state index is 12.4. The maximum atomic E-state index is 12.4. The molecule has 0 atom stereocenters. The highest BCUT2D eigenvalue weighted by Crippen LogP contribution is 2.25. The van der Waals surface area contributed by atoms with Gasteiger partial charge >= 0.3 is 11.6 Å². The van der Waals surface area contributed by atoms with Crippen molar-refractivity contribution in [3.05, 3.63) is 75.6 Å². The second kappa shape index (κ2) is 7.87. The molecule has 1 aromatic heterocycles. The topological polar surface area (TPSA) is 65.7 Å². The van der Waals surface area contributed by atoms with Gasteiger partial charge in [-0.15, -0.1) is 0 Å². The van der Waals surface area contributed by atoms with E-state index in [1.807, 2.05) is 43.3 Å². The van der Waals surface area contributed by atoms with Crippen LogP contribution in [0.3, 0.4) is 0 Å². The van der Waals surface area contributed by atoms with Crippen LogP contribution in [0.1, 0.15) is 23.6 Å². The lowest BCUT2D eigenvalue weighted by atomic mass is 10.00. The highest BCUT2D eigenvalue weighted by molar-refractivity contribution is 5.82. The molecule has 0 bridgehead atoms. The lowest BCUT2D eigenvalue weighted by molar-refractivity contribution is -0.145. The average Bonchev–Trinajstić information content (AvgIpc) is 2.64. The van der Waals surface area contributed by atoms with Crippen molar-refractivity contribution in [1.82, 2.24) is 0 Å². The second-order valence-electron chi connectivity index (χ2n) is 5.91. The number of esters is 1. The van der Waals surface area contributed by atoms with Crippen molar-refractivity contribution in [2.24, 2.45) is 0 Å². The standard InChI is InChI=1S/C21H20O5/c1-3-24-20(22)13-25-16-9-10-17-14(2)18(21(23)26-19(17)12-16)11-15-7-5-4-6-8-15/h4-10,12H,3,11,13H2,1-2H3. The summed E-state index contributed by atoms with van der Waals surface area (Å²) < 4.78 is 15.7. The number of carbonyl (C=O) groups excluding carboxylic acids is 1. The summed E-state index contributed by atoms with van der Waals surface area (Å²) in [5.41, 5.74) is 2.66. The van der Waals surface area contributed by atoms with Crippen molar-refractivity contribution in [2.75, 3.05) is 13.2 Å². The molecule has 3 rings (SSSR count). The monoisotopic (exact) mass is 352 g/mol. The van der Waals surface area contributed by atoms with E-state index in [1.165, 1.54) is 0 Å². The zero-order valence-corrected chi connectivity index (χ0v) is 14.8. The SMILES string of the molecule is CCOC(=O)COc1ccc2c(C)c(Cc3ccccc3)c(=O)oc2c1. The fourth-order valence-electron chi connectivity index (χ4n) is 2.81. The van der Waals surface area contributed by atoms with Gasteiger partial charge in [0.1, 0.15) is 11.3 Å². The van der Waals surface area contributed by atoms with Crippen LogP contribution in [-0.4, -0.2) is 19.2 Å². The molecule has 5 nitrogen and oxygen atoms in total. The lowest BCUT2D eigenvalue weighted by Crippen LogP contribution is -2.14. The third kappa shape index (κ3) is 3.94. The van der Waals surface area contributed by atoms with Crippen molar-refractivity contribution in [1.29, 1.82) is 0 Å². The van der Waals surface area contributed by atoms with Crippen LogP contribution in [0, 0.1) is 6.92 Å². The fraction of sp³-hybridized carbons (Fsp3) is 0.238. The Morgan fingerprint density at radius 1 is 1.12 bits per heavy atom. The van der Waals surface area contributed by atoms with Crippen LogP contribution in [0.15, 0.2) is 57.7 Å². The van der Waals surface area contributed by atoms with E-state index in [0.29, 0.717) is 29.9 Å². The fourth-order valence-corrected chi connectivity index (χ4v) is 2.81. The van der Waals surface area contributed by atoms with Gasteiger partial charge in [0.2, 0.25) is 0 Å². The largest absolute Gasteiger partial charge is 0.482 e.